The third kappa shape index (κ3) is 5.46. The number of carbonyl (C=O) groups excluding carboxylic acids is 1. The molecule has 11 heteroatoms. The SMILES string of the molecule is COc1ccc(-n2nc(C(=O)NCCN(C)C)c(=O)n(Cc3ccccc3Cl)c2=O)cc1OC. The van der Waals surface area contributed by atoms with E-state index >= 15 is 0 Å². The molecule has 180 valence electrons. The van der Waals surface area contributed by atoms with Gasteiger partial charge in [0.05, 0.1) is 26.5 Å². The Morgan fingerprint density at radius 2 is 1.79 bits per heavy atom. The number of nitrogens with one attached hydrogen (secondary N) is 1. The van der Waals surface area contributed by atoms with Crippen LogP contribution in [0.3, 0.4) is 0 Å². The van der Waals surface area contributed by atoms with E-state index in [9.17, 15) is 14.4 Å². The lowest BCUT2D eigenvalue weighted by molar-refractivity contribution is 0.0941. The second-order valence-electron chi connectivity index (χ2n) is 7.62. The monoisotopic (exact) mass is 487 g/mol. The third-order valence-electron chi connectivity index (χ3n) is 5.02. The van der Waals surface area contributed by atoms with Gasteiger partial charge in [-0.1, -0.05) is 29.8 Å². The summed E-state index contributed by atoms with van der Waals surface area (Å²) in [7, 11) is 6.66. The van der Waals surface area contributed by atoms with E-state index in [1.807, 2.05) is 19.0 Å². The first-order valence-corrected chi connectivity index (χ1v) is 10.8. The van der Waals surface area contributed by atoms with Gasteiger partial charge < -0.3 is 19.7 Å². The van der Waals surface area contributed by atoms with Crippen molar-refractivity contribution in [1.82, 2.24) is 24.6 Å². The normalized spacial score (nSPS) is 10.9. The fourth-order valence-corrected chi connectivity index (χ4v) is 3.39. The molecule has 0 spiro atoms. The van der Waals surface area contributed by atoms with Crippen LogP contribution in [0.15, 0.2) is 52.1 Å². The summed E-state index contributed by atoms with van der Waals surface area (Å²) in [6.07, 6.45) is 0. The number of hydrogen-bond donors (Lipinski definition) is 1. The van der Waals surface area contributed by atoms with Gasteiger partial charge in [0.15, 0.2) is 11.5 Å². The van der Waals surface area contributed by atoms with E-state index in [-0.39, 0.29) is 12.2 Å². The maximum absolute atomic E-state index is 13.3. The van der Waals surface area contributed by atoms with Gasteiger partial charge in [-0.15, -0.1) is 0 Å². The number of rotatable bonds is 9. The Balaban J connectivity index is 2.17. The number of carbonyl (C=O) groups is 1. The number of halogens is 1. The fraction of sp³-hybridized carbons (Fsp3) is 0.304. The molecule has 0 saturated heterocycles. The summed E-state index contributed by atoms with van der Waals surface area (Å²) in [6, 6.07) is 11.6. The molecule has 2 aromatic carbocycles. The van der Waals surface area contributed by atoms with Crippen molar-refractivity contribution in [1.29, 1.82) is 0 Å². The van der Waals surface area contributed by atoms with Crippen LogP contribution in [-0.4, -0.2) is 66.6 Å². The number of nitrogens with zero attached hydrogens (tertiary/aromatic N) is 4. The Bertz CT molecular complexity index is 1300. The van der Waals surface area contributed by atoms with Gasteiger partial charge >= 0.3 is 5.69 Å². The van der Waals surface area contributed by atoms with Gasteiger partial charge in [-0.25, -0.2) is 4.79 Å². The van der Waals surface area contributed by atoms with Gasteiger partial charge in [0.2, 0.25) is 5.69 Å². The van der Waals surface area contributed by atoms with Crippen molar-refractivity contribution in [2.24, 2.45) is 0 Å². The molecule has 0 aliphatic heterocycles. The smallest absolute Gasteiger partial charge is 0.352 e. The fourth-order valence-electron chi connectivity index (χ4n) is 3.20. The average Bonchev–Trinajstić information content (AvgIpc) is 2.82. The van der Waals surface area contributed by atoms with Crippen molar-refractivity contribution in [3.05, 3.63) is 79.6 Å². The Hall–Kier alpha value is -3.63. The van der Waals surface area contributed by atoms with Crippen LogP contribution in [0.25, 0.3) is 5.69 Å². The molecule has 1 amide bonds. The van der Waals surface area contributed by atoms with Crippen molar-refractivity contribution in [3.8, 4) is 17.2 Å². The summed E-state index contributed by atoms with van der Waals surface area (Å²) in [5.41, 5.74) is -1.13. The minimum Gasteiger partial charge on any atom is -0.493 e. The van der Waals surface area contributed by atoms with Crippen LogP contribution in [0.1, 0.15) is 16.1 Å². The first kappa shape index (κ1) is 25.0. The number of likely N-dealkylation sites (N-methyl/N-ethyl adjacent to an activating group) is 1. The molecular weight excluding hydrogens is 462 g/mol. The van der Waals surface area contributed by atoms with E-state index in [1.54, 1.807) is 36.4 Å². The summed E-state index contributed by atoms with van der Waals surface area (Å²) in [5.74, 6) is 0.119. The predicted molar refractivity (Wildman–Crippen MR) is 129 cm³/mol. The molecule has 3 rings (SSSR count). The molecule has 34 heavy (non-hydrogen) atoms. The lowest BCUT2D eigenvalue weighted by Crippen LogP contribution is -2.46. The molecule has 0 fully saturated rings. The topological polar surface area (TPSA) is 108 Å². The van der Waals surface area contributed by atoms with Crippen molar-refractivity contribution < 1.29 is 14.3 Å². The molecule has 10 nitrogen and oxygen atoms in total. The number of methoxy groups -OCH3 is 2. The summed E-state index contributed by atoms with van der Waals surface area (Å²) in [4.78, 5) is 41.3. The van der Waals surface area contributed by atoms with Crippen LogP contribution in [0, 0.1) is 0 Å². The maximum atomic E-state index is 13.3. The van der Waals surface area contributed by atoms with Crippen LogP contribution in [-0.2, 0) is 6.54 Å². The van der Waals surface area contributed by atoms with Gasteiger partial charge in [0, 0.05) is 24.2 Å². The molecule has 0 unspecified atom stereocenters. The van der Waals surface area contributed by atoms with Crippen molar-refractivity contribution in [2.45, 2.75) is 6.54 Å². The number of aromatic nitrogens is 3. The maximum Gasteiger partial charge on any atom is 0.352 e. The molecule has 0 atom stereocenters. The van der Waals surface area contributed by atoms with E-state index in [1.165, 1.54) is 20.3 Å². The largest absolute Gasteiger partial charge is 0.493 e. The lowest BCUT2D eigenvalue weighted by atomic mass is 10.2. The minimum atomic E-state index is -0.816. The van der Waals surface area contributed by atoms with Crippen LogP contribution < -0.4 is 26.0 Å². The van der Waals surface area contributed by atoms with Gasteiger partial charge in [-0.3, -0.25) is 14.2 Å². The average molecular weight is 488 g/mol. The number of ether oxygens (including phenoxy) is 2. The van der Waals surface area contributed by atoms with Crippen molar-refractivity contribution in [3.63, 3.8) is 0 Å². The summed E-state index contributed by atoms with van der Waals surface area (Å²) >= 11 is 6.25. The Kier molecular flexibility index (Phi) is 8.08. The highest BCUT2D eigenvalue weighted by atomic mass is 35.5. The Morgan fingerprint density at radius 3 is 2.44 bits per heavy atom. The highest BCUT2D eigenvalue weighted by Gasteiger charge is 2.21. The molecule has 1 aromatic heterocycles. The first-order valence-electron chi connectivity index (χ1n) is 10.4. The zero-order valence-corrected chi connectivity index (χ0v) is 20.1. The quantitative estimate of drug-likeness (QED) is 0.486. The summed E-state index contributed by atoms with van der Waals surface area (Å²) in [5, 5.41) is 7.17. The van der Waals surface area contributed by atoms with Gasteiger partial charge in [0.1, 0.15) is 0 Å². The number of benzene rings is 2. The standard InChI is InChI=1S/C23H26ClN5O5/c1-27(2)12-11-25-21(30)20-22(31)28(14-15-7-5-6-8-17(15)24)23(32)29(26-20)16-9-10-18(33-3)19(13-16)34-4/h5-10,13H,11-12,14H2,1-4H3,(H,25,30). The molecule has 0 aliphatic rings. The van der Waals surface area contributed by atoms with Crippen LogP contribution in [0.2, 0.25) is 5.02 Å². The van der Waals surface area contributed by atoms with Gasteiger partial charge in [-0.2, -0.15) is 9.78 Å². The van der Waals surface area contributed by atoms with E-state index in [0.717, 1.165) is 9.25 Å². The van der Waals surface area contributed by atoms with Crippen LogP contribution in [0.4, 0.5) is 0 Å². The molecule has 0 saturated carbocycles. The molecule has 0 aliphatic carbocycles. The molecular formula is C23H26ClN5O5. The molecule has 3 aromatic rings. The number of amides is 1. The minimum absolute atomic E-state index is 0.134. The molecule has 1 N–H and O–H groups in total. The van der Waals surface area contributed by atoms with E-state index in [0.29, 0.717) is 35.2 Å². The molecule has 1 heterocycles. The molecule has 0 radical (unpaired) electrons. The number of hydrogen-bond acceptors (Lipinski definition) is 7. The van der Waals surface area contributed by atoms with E-state index in [2.05, 4.69) is 10.4 Å². The van der Waals surface area contributed by atoms with Crippen LogP contribution in [0.5, 0.6) is 11.5 Å². The van der Waals surface area contributed by atoms with Gasteiger partial charge in [-0.05, 0) is 37.9 Å². The van der Waals surface area contributed by atoms with E-state index in [4.69, 9.17) is 21.1 Å². The zero-order valence-electron chi connectivity index (χ0n) is 19.4. The van der Waals surface area contributed by atoms with Crippen molar-refractivity contribution in [2.75, 3.05) is 41.4 Å². The Labute approximate surface area is 201 Å². The third-order valence-corrected chi connectivity index (χ3v) is 5.39. The second kappa shape index (κ2) is 11.0. The van der Waals surface area contributed by atoms with E-state index < -0.39 is 22.9 Å². The highest BCUT2D eigenvalue weighted by Crippen LogP contribution is 2.28. The Morgan fingerprint density at radius 1 is 1.09 bits per heavy atom. The zero-order chi connectivity index (χ0) is 24.8. The lowest BCUT2D eigenvalue weighted by Gasteiger charge is -2.15. The highest BCUT2D eigenvalue weighted by molar-refractivity contribution is 6.31. The molecule has 0 bridgehead atoms. The second-order valence-corrected chi connectivity index (χ2v) is 8.03. The van der Waals surface area contributed by atoms with Crippen molar-refractivity contribution >= 4 is 17.5 Å². The predicted octanol–water partition coefficient (Wildman–Crippen LogP) is 1.40. The first-order chi connectivity index (χ1) is 16.3. The summed E-state index contributed by atoms with van der Waals surface area (Å²) < 4.78 is 12.5. The van der Waals surface area contributed by atoms with Crippen LogP contribution >= 0.6 is 11.6 Å². The summed E-state index contributed by atoms with van der Waals surface area (Å²) in [6.45, 7) is 0.729. The van der Waals surface area contributed by atoms with Gasteiger partial charge in [0.25, 0.3) is 11.5 Å².